The molecule has 0 aromatic heterocycles. The smallest absolute Gasteiger partial charge is 0.232 e. The fourth-order valence-electron chi connectivity index (χ4n) is 3.53. The van der Waals surface area contributed by atoms with Crippen molar-refractivity contribution in [1.82, 2.24) is 4.90 Å². The summed E-state index contributed by atoms with van der Waals surface area (Å²) in [6, 6.07) is 17.1. The molecule has 1 saturated heterocycles. The Balaban J connectivity index is 1.69. The minimum Gasteiger partial charge on any atom is -0.326 e. The third kappa shape index (κ3) is 4.47. The van der Waals surface area contributed by atoms with E-state index in [2.05, 4.69) is 19.2 Å². The summed E-state index contributed by atoms with van der Waals surface area (Å²) < 4.78 is 0. The zero-order chi connectivity index (χ0) is 20.1. The fourth-order valence-corrected chi connectivity index (χ4v) is 3.53. The molecule has 2 aromatic carbocycles. The van der Waals surface area contributed by atoms with E-state index in [0.29, 0.717) is 18.5 Å². The molecule has 5 heteroatoms. The van der Waals surface area contributed by atoms with Gasteiger partial charge in [0.05, 0.1) is 12.5 Å². The number of nitrogens with zero attached hydrogens (tertiary/aromatic N) is 1. The second-order valence-electron chi connectivity index (χ2n) is 7.33. The molecule has 1 aliphatic rings. The van der Waals surface area contributed by atoms with Gasteiger partial charge in [0.1, 0.15) is 0 Å². The Labute approximate surface area is 165 Å². The predicted octanol–water partition coefficient (Wildman–Crippen LogP) is 4.10. The molecule has 1 fully saturated rings. The first-order valence-electron chi connectivity index (χ1n) is 9.77. The van der Waals surface area contributed by atoms with E-state index in [4.69, 9.17) is 0 Å². The average molecular weight is 378 g/mol. The van der Waals surface area contributed by atoms with E-state index >= 15 is 0 Å². The number of carbonyl (C=O) groups is 3. The van der Waals surface area contributed by atoms with Crippen LogP contribution in [0.5, 0.6) is 0 Å². The maximum Gasteiger partial charge on any atom is 0.232 e. The SMILES string of the molecule is CC[C@H](C)[C@H](C(=O)Nc1ccc(CN2C(=O)CCC2=O)cc1)c1ccccc1. The maximum absolute atomic E-state index is 13.0. The molecule has 28 heavy (non-hydrogen) atoms. The topological polar surface area (TPSA) is 66.5 Å². The second kappa shape index (κ2) is 8.83. The second-order valence-corrected chi connectivity index (χ2v) is 7.33. The van der Waals surface area contributed by atoms with Gasteiger partial charge < -0.3 is 5.32 Å². The standard InChI is InChI=1S/C23H26N2O3/c1-3-16(2)22(18-7-5-4-6-8-18)23(28)24-19-11-9-17(10-12-19)15-25-20(26)13-14-21(25)27/h4-12,16,22H,3,13-15H2,1-2H3,(H,24,28)/t16-,22-/m0/s1. The zero-order valence-corrected chi connectivity index (χ0v) is 16.4. The van der Waals surface area contributed by atoms with Gasteiger partial charge >= 0.3 is 0 Å². The first-order valence-corrected chi connectivity index (χ1v) is 9.77. The van der Waals surface area contributed by atoms with Crippen molar-refractivity contribution in [1.29, 1.82) is 0 Å². The number of carbonyl (C=O) groups excluding carboxylic acids is 3. The van der Waals surface area contributed by atoms with Crippen LogP contribution in [0.1, 0.15) is 50.2 Å². The van der Waals surface area contributed by atoms with Gasteiger partial charge in [-0.15, -0.1) is 0 Å². The molecule has 0 spiro atoms. The monoisotopic (exact) mass is 378 g/mol. The van der Waals surface area contributed by atoms with Crippen LogP contribution in [0.25, 0.3) is 0 Å². The van der Waals surface area contributed by atoms with E-state index in [1.807, 2.05) is 54.6 Å². The van der Waals surface area contributed by atoms with E-state index in [0.717, 1.165) is 17.5 Å². The van der Waals surface area contributed by atoms with E-state index in [-0.39, 0.29) is 36.1 Å². The van der Waals surface area contributed by atoms with Crippen LogP contribution in [-0.4, -0.2) is 22.6 Å². The van der Waals surface area contributed by atoms with Crippen LogP contribution >= 0.6 is 0 Å². The van der Waals surface area contributed by atoms with Gasteiger partial charge in [-0.05, 0) is 29.2 Å². The Hall–Kier alpha value is -2.95. The highest BCUT2D eigenvalue weighted by Crippen LogP contribution is 2.28. The lowest BCUT2D eigenvalue weighted by atomic mass is 9.85. The largest absolute Gasteiger partial charge is 0.326 e. The molecule has 0 aliphatic carbocycles. The highest BCUT2D eigenvalue weighted by molar-refractivity contribution is 6.01. The molecule has 2 aromatic rings. The molecule has 1 N–H and O–H groups in total. The van der Waals surface area contributed by atoms with Crippen LogP contribution in [-0.2, 0) is 20.9 Å². The number of hydrogen-bond donors (Lipinski definition) is 1. The van der Waals surface area contributed by atoms with Crippen LogP contribution in [0.3, 0.4) is 0 Å². The van der Waals surface area contributed by atoms with Crippen LogP contribution < -0.4 is 5.32 Å². The number of rotatable bonds is 7. The zero-order valence-electron chi connectivity index (χ0n) is 16.4. The maximum atomic E-state index is 13.0. The van der Waals surface area contributed by atoms with Crippen LogP contribution in [0.15, 0.2) is 54.6 Å². The van der Waals surface area contributed by atoms with Crippen molar-refractivity contribution in [3.8, 4) is 0 Å². The van der Waals surface area contributed by atoms with Gasteiger partial charge in [0, 0.05) is 18.5 Å². The number of anilines is 1. The van der Waals surface area contributed by atoms with Gasteiger partial charge in [0.25, 0.3) is 0 Å². The Kier molecular flexibility index (Phi) is 6.24. The van der Waals surface area contributed by atoms with Gasteiger partial charge in [0.2, 0.25) is 17.7 Å². The molecule has 0 bridgehead atoms. The van der Waals surface area contributed by atoms with Gasteiger partial charge in [0.15, 0.2) is 0 Å². The molecule has 0 saturated carbocycles. The summed E-state index contributed by atoms with van der Waals surface area (Å²) in [6.45, 7) is 4.46. The Morgan fingerprint density at radius 2 is 1.61 bits per heavy atom. The van der Waals surface area contributed by atoms with Crippen LogP contribution in [0, 0.1) is 5.92 Å². The van der Waals surface area contributed by atoms with E-state index in [9.17, 15) is 14.4 Å². The van der Waals surface area contributed by atoms with Gasteiger partial charge in [-0.25, -0.2) is 0 Å². The van der Waals surface area contributed by atoms with Gasteiger partial charge in [-0.2, -0.15) is 0 Å². The minimum atomic E-state index is -0.217. The van der Waals surface area contributed by atoms with Crippen molar-refractivity contribution in [2.45, 2.75) is 45.6 Å². The number of hydrogen-bond acceptors (Lipinski definition) is 3. The summed E-state index contributed by atoms with van der Waals surface area (Å²) in [4.78, 5) is 37.8. The molecule has 1 heterocycles. The average Bonchev–Trinajstić information content (AvgIpc) is 3.02. The molecular formula is C23H26N2O3. The normalized spacial score (nSPS) is 16.1. The number of amides is 3. The molecule has 3 rings (SSSR count). The quantitative estimate of drug-likeness (QED) is 0.738. The fraction of sp³-hybridized carbons (Fsp3) is 0.348. The first-order chi connectivity index (χ1) is 13.5. The lowest BCUT2D eigenvalue weighted by molar-refractivity contribution is -0.139. The number of benzene rings is 2. The summed E-state index contributed by atoms with van der Waals surface area (Å²) >= 11 is 0. The summed E-state index contributed by atoms with van der Waals surface area (Å²) in [5.41, 5.74) is 2.58. The van der Waals surface area contributed by atoms with Gasteiger partial charge in [-0.3, -0.25) is 19.3 Å². The highest BCUT2D eigenvalue weighted by atomic mass is 16.2. The van der Waals surface area contributed by atoms with E-state index in [1.54, 1.807) is 0 Å². The van der Waals surface area contributed by atoms with Crippen molar-refractivity contribution >= 4 is 23.4 Å². The van der Waals surface area contributed by atoms with E-state index < -0.39 is 0 Å². The Morgan fingerprint density at radius 3 is 2.18 bits per heavy atom. The number of likely N-dealkylation sites (tertiary alicyclic amines) is 1. The third-order valence-corrected chi connectivity index (χ3v) is 5.37. The molecule has 5 nitrogen and oxygen atoms in total. The lowest BCUT2D eigenvalue weighted by Crippen LogP contribution is -2.28. The summed E-state index contributed by atoms with van der Waals surface area (Å²) in [6.07, 6.45) is 1.50. The van der Waals surface area contributed by atoms with Crippen LogP contribution in [0.4, 0.5) is 5.69 Å². The van der Waals surface area contributed by atoms with Crippen molar-refractivity contribution < 1.29 is 14.4 Å². The van der Waals surface area contributed by atoms with Crippen LogP contribution in [0.2, 0.25) is 0 Å². The molecular weight excluding hydrogens is 352 g/mol. The first kappa shape index (κ1) is 19.8. The number of nitrogens with one attached hydrogen (secondary N) is 1. The Bertz CT molecular complexity index is 830. The van der Waals surface area contributed by atoms with Crippen molar-refractivity contribution in [2.24, 2.45) is 5.92 Å². The highest BCUT2D eigenvalue weighted by Gasteiger charge is 2.29. The third-order valence-electron chi connectivity index (χ3n) is 5.37. The molecule has 0 unspecified atom stereocenters. The Morgan fingerprint density at radius 1 is 1.00 bits per heavy atom. The minimum absolute atomic E-state index is 0.0294. The van der Waals surface area contributed by atoms with E-state index in [1.165, 1.54) is 4.90 Å². The predicted molar refractivity (Wildman–Crippen MR) is 109 cm³/mol. The molecule has 3 amide bonds. The van der Waals surface area contributed by atoms with Crippen molar-refractivity contribution in [2.75, 3.05) is 5.32 Å². The lowest BCUT2D eigenvalue weighted by Gasteiger charge is -2.23. The molecule has 2 atom stereocenters. The van der Waals surface area contributed by atoms with Crippen molar-refractivity contribution in [3.63, 3.8) is 0 Å². The van der Waals surface area contributed by atoms with Gasteiger partial charge in [-0.1, -0.05) is 62.7 Å². The summed E-state index contributed by atoms with van der Waals surface area (Å²) in [7, 11) is 0. The number of imide groups is 1. The van der Waals surface area contributed by atoms with Crippen molar-refractivity contribution in [3.05, 3.63) is 65.7 Å². The molecule has 0 radical (unpaired) electrons. The molecule has 146 valence electrons. The summed E-state index contributed by atoms with van der Waals surface area (Å²) in [5, 5.41) is 3.01. The molecule has 1 aliphatic heterocycles. The summed E-state index contributed by atoms with van der Waals surface area (Å²) in [5.74, 6) is -0.277.